The summed E-state index contributed by atoms with van der Waals surface area (Å²) in [5.41, 5.74) is 0. The minimum atomic E-state index is -0.833. The third-order valence-electron chi connectivity index (χ3n) is 0. The number of rotatable bonds is 0. The minimum Gasteiger partial charge on any atom is -2.00 e. The van der Waals surface area contributed by atoms with E-state index in [4.69, 9.17) is 15.0 Å². The Morgan fingerprint density at radius 3 is 1.00 bits per heavy atom. The van der Waals surface area contributed by atoms with E-state index >= 15 is 0 Å². The average molecular weight is 420 g/mol. The fourth-order valence-corrected chi connectivity index (χ4v) is 0. The monoisotopic (exact) mass is 420 g/mol. The van der Waals surface area contributed by atoms with E-state index in [0.717, 1.165) is 14.0 Å². The molecule has 2 radical (unpaired) electrons. The molecule has 0 unspecified atom stereocenters. The molecule has 0 atom stereocenters. The van der Waals surface area contributed by atoms with Crippen LogP contribution in [-0.2, 0) is 21.2 Å². The van der Waals surface area contributed by atoms with Crippen LogP contribution in [0.5, 0.6) is 0 Å². The number of aliphatic hydroxyl groups is 1. The Labute approximate surface area is 132 Å². The van der Waals surface area contributed by atoms with E-state index in [1.807, 2.05) is 0 Å². The van der Waals surface area contributed by atoms with Crippen molar-refractivity contribution in [2.24, 2.45) is 0 Å². The van der Waals surface area contributed by atoms with Gasteiger partial charge in [0, 0.05) is 14.0 Å². The van der Waals surface area contributed by atoms with E-state index in [-0.39, 0.29) is 99.9 Å². The van der Waals surface area contributed by atoms with Gasteiger partial charge >= 0.3 is 83.5 Å². The van der Waals surface area contributed by atoms with Crippen LogP contribution in [0, 0.1) is 83.5 Å². The van der Waals surface area contributed by atoms with Gasteiger partial charge in [-0.2, -0.15) is 0 Å². The third kappa shape index (κ3) is 287. The second kappa shape index (κ2) is 57.6. The molecule has 8 heteroatoms. The van der Waals surface area contributed by atoms with Gasteiger partial charge in [-0.05, 0) is 0 Å². The van der Waals surface area contributed by atoms with Crippen molar-refractivity contribution < 1.29 is 115 Å². The van der Waals surface area contributed by atoms with Crippen LogP contribution in [0.15, 0.2) is 0 Å². The van der Waals surface area contributed by atoms with Crippen molar-refractivity contribution in [1.82, 2.24) is 0 Å². The van der Waals surface area contributed by atoms with Gasteiger partial charge in [0.05, 0.1) is 0 Å². The zero-order valence-corrected chi connectivity index (χ0v) is 12.3. The van der Waals surface area contributed by atoms with Crippen LogP contribution in [0.3, 0.4) is 0 Å². The largest absolute Gasteiger partial charge is 3.00 e. The maximum atomic E-state index is 9.00. The topological polar surface area (TPSA) is 143 Å². The predicted molar refractivity (Wildman–Crippen MR) is 23.5 cm³/mol. The van der Waals surface area contributed by atoms with Crippen molar-refractivity contribution in [1.29, 1.82) is 0 Å². The molecule has 0 aliphatic heterocycles. The molecule has 0 rings (SSSR count). The molecular formula is C3H8Ce2O6. The van der Waals surface area contributed by atoms with E-state index in [2.05, 4.69) is 0 Å². The Hall–Kier alpha value is 2.06. The van der Waals surface area contributed by atoms with Crippen molar-refractivity contribution in [2.75, 3.05) is 7.11 Å². The molecule has 0 fully saturated rings. The summed E-state index contributed by atoms with van der Waals surface area (Å²) in [6, 6.07) is 0. The van der Waals surface area contributed by atoms with Gasteiger partial charge in [-0.1, -0.05) is 0 Å². The first-order valence-electron chi connectivity index (χ1n) is 1.37. The van der Waals surface area contributed by atoms with Crippen LogP contribution in [0.4, 0.5) is 0 Å². The van der Waals surface area contributed by atoms with Gasteiger partial charge in [-0.25, -0.2) is 0 Å². The van der Waals surface area contributed by atoms with Gasteiger partial charge in [-0.3, -0.25) is 4.79 Å². The number of hydrogen-bond donors (Lipinski definition) is 2. The molecule has 0 saturated carbocycles. The number of carbonyl (C=O) groups is 1. The maximum absolute atomic E-state index is 9.00. The van der Waals surface area contributed by atoms with Crippen LogP contribution < -0.4 is 0 Å². The first kappa shape index (κ1) is 51.7. The van der Waals surface area contributed by atoms with Gasteiger partial charge in [0.2, 0.25) is 0 Å². The molecule has 0 aromatic heterocycles. The summed E-state index contributed by atoms with van der Waals surface area (Å²) in [5.74, 6) is -0.833. The number of aliphatic carboxylic acids is 1. The molecule has 6 nitrogen and oxygen atoms in total. The standard InChI is InChI=1S/C2H4O2.CH4O.2Ce.3O/c1-2(3)4;1-2;;;;;/h1H3,(H,3,4);2H,1H3;;;;;/q;;2*+3;3*-2. The van der Waals surface area contributed by atoms with Gasteiger partial charge in [0.1, 0.15) is 0 Å². The summed E-state index contributed by atoms with van der Waals surface area (Å²) in [4.78, 5) is 9.00. The molecule has 0 aliphatic carbocycles. The van der Waals surface area contributed by atoms with Gasteiger partial charge in [-0.15, -0.1) is 0 Å². The first-order valence-corrected chi connectivity index (χ1v) is 1.37. The third-order valence-corrected chi connectivity index (χ3v) is 0. The molecule has 0 amide bonds. The Kier molecular flexibility index (Phi) is 271. The summed E-state index contributed by atoms with van der Waals surface area (Å²) in [6.07, 6.45) is 0. The number of hydrogen-bond acceptors (Lipinski definition) is 2. The van der Waals surface area contributed by atoms with Crippen LogP contribution in [0.25, 0.3) is 0 Å². The van der Waals surface area contributed by atoms with Crippen molar-refractivity contribution >= 4 is 5.97 Å². The van der Waals surface area contributed by atoms with E-state index in [1.54, 1.807) is 0 Å². The molecule has 0 aromatic carbocycles. The van der Waals surface area contributed by atoms with Gasteiger partial charge in [0.25, 0.3) is 5.97 Å². The van der Waals surface area contributed by atoms with E-state index in [0.29, 0.717) is 0 Å². The van der Waals surface area contributed by atoms with E-state index in [1.165, 1.54) is 0 Å². The summed E-state index contributed by atoms with van der Waals surface area (Å²) in [6.45, 7) is 1.08. The summed E-state index contributed by atoms with van der Waals surface area (Å²) >= 11 is 0. The summed E-state index contributed by atoms with van der Waals surface area (Å²) < 4.78 is 0. The van der Waals surface area contributed by atoms with E-state index in [9.17, 15) is 0 Å². The van der Waals surface area contributed by atoms with Gasteiger partial charge < -0.3 is 26.6 Å². The molecule has 0 heterocycles. The van der Waals surface area contributed by atoms with Crippen molar-refractivity contribution in [2.45, 2.75) is 6.92 Å². The van der Waals surface area contributed by atoms with Crippen LogP contribution >= 0.6 is 0 Å². The Morgan fingerprint density at radius 1 is 1.00 bits per heavy atom. The maximum Gasteiger partial charge on any atom is 3.00 e. The number of carboxylic acid groups (broad SMARTS) is 1. The summed E-state index contributed by atoms with van der Waals surface area (Å²) in [5, 5.41) is 14.4. The fraction of sp³-hybridized carbons (Fsp3) is 0.667. The van der Waals surface area contributed by atoms with Crippen molar-refractivity contribution in [3.63, 3.8) is 0 Å². The second-order valence-corrected chi connectivity index (χ2v) is 0.519. The zero-order valence-electron chi connectivity index (χ0n) is 6.03. The molecule has 0 aromatic rings. The first-order chi connectivity index (χ1) is 2.73. The zero-order chi connectivity index (χ0) is 5.58. The average Bonchev–Trinajstić information content (AvgIpc) is 1.41. The molecule has 11 heavy (non-hydrogen) atoms. The molecular weight excluding hydrogens is 412 g/mol. The number of carboxylic acids is 1. The van der Waals surface area contributed by atoms with Crippen LogP contribution in [-0.4, -0.2) is 23.3 Å². The van der Waals surface area contributed by atoms with Crippen molar-refractivity contribution in [3.05, 3.63) is 0 Å². The molecule has 0 bridgehead atoms. The SMILES string of the molecule is CC(=O)O.CO.[Ce+3].[Ce+3].[O-2].[O-2].[O-2]. The second-order valence-electron chi connectivity index (χ2n) is 0.519. The normalized spacial score (nSPS) is 2.82. The predicted octanol–water partition coefficient (Wildman–Crippen LogP) is -0.657. The smallest absolute Gasteiger partial charge is 2.00 e. The quantitative estimate of drug-likeness (QED) is 0.537. The molecule has 0 aliphatic rings. The minimum absolute atomic E-state index is 0. The van der Waals surface area contributed by atoms with Crippen molar-refractivity contribution in [3.8, 4) is 0 Å². The van der Waals surface area contributed by atoms with Crippen LogP contribution in [0.1, 0.15) is 6.92 Å². The molecule has 0 spiro atoms. The Morgan fingerprint density at radius 2 is 1.00 bits per heavy atom. The Bertz CT molecular complexity index is 38.8. The molecule has 0 saturated heterocycles. The van der Waals surface area contributed by atoms with Crippen LogP contribution in [0.2, 0.25) is 0 Å². The molecule has 64 valence electrons. The number of aliphatic hydroxyl groups excluding tert-OH is 1. The Balaban J connectivity index is -0.00000000432. The fourth-order valence-electron chi connectivity index (χ4n) is 0. The van der Waals surface area contributed by atoms with Gasteiger partial charge in [0.15, 0.2) is 0 Å². The summed E-state index contributed by atoms with van der Waals surface area (Å²) in [7, 11) is 1.00. The molecule has 2 N–H and O–H groups in total. The van der Waals surface area contributed by atoms with E-state index < -0.39 is 5.97 Å².